The summed E-state index contributed by atoms with van der Waals surface area (Å²) in [6, 6.07) is 1.07. The van der Waals surface area contributed by atoms with E-state index in [0.29, 0.717) is 24.5 Å². The number of amides is 2. The highest BCUT2D eigenvalue weighted by Gasteiger charge is 2.13. The molecule has 7 nitrogen and oxygen atoms in total. The van der Waals surface area contributed by atoms with Crippen LogP contribution in [-0.2, 0) is 13.0 Å². The number of aromatic carboxylic acids is 1. The third-order valence-corrected chi connectivity index (χ3v) is 3.57. The molecule has 0 saturated heterocycles. The number of aromatic nitrogens is 1. The summed E-state index contributed by atoms with van der Waals surface area (Å²) in [7, 11) is 0. The van der Waals surface area contributed by atoms with Crippen LogP contribution >= 0.6 is 11.3 Å². The second-order valence-corrected chi connectivity index (χ2v) is 5.25. The van der Waals surface area contributed by atoms with Crippen molar-refractivity contribution in [1.29, 1.82) is 0 Å². The quantitative estimate of drug-likeness (QED) is 0.754. The van der Waals surface area contributed by atoms with Crippen LogP contribution in [0.1, 0.15) is 26.9 Å². The third-order valence-electron chi connectivity index (χ3n) is 2.73. The molecule has 0 aliphatic rings. The summed E-state index contributed by atoms with van der Waals surface area (Å²) in [5.41, 5.74) is 0.107. The summed E-state index contributed by atoms with van der Waals surface area (Å²) >= 11 is 1.54. The van der Waals surface area contributed by atoms with Gasteiger partial charge in [-0.25, -0.2) is 14.6 Å². The van der Waals surface area contributed by atoms with E-state index in [9.17, 15) is 9.59 Å². The number of urea groups is 1. The van der Waals surface area contributed by atoms with E-state index in [1.165, 1.54) is 17.4 Å². The lowest BCUT2D eigenvalue weighted by Crippen LogP contribution is -2.36. The van der Waals surface area contributed by atoms with Crippen molar-refractivity contribution in [2.45, 2.75) is 19.9 Å². The molecule has 0 bridgehead atoms. The molecule has 0 radical (unpaired) electrons. The smallest absolute Gasteiger partial charge is 0.339 e. The van der Waals surface area contributed by atoms with Crippen molar-refractivity contribution in [2.75, 3.05) is 6.54 Å². The van der Waals surface area contributed by atoms with Gasteiger partial charge in [0, 0.05) is 24.5 Å². The summed E-state index contributed by atoms with van der Waals surface area (Å²) in [6.45, 7) is 2.19. The zero-order valence-corrected chi connectivity index (χ0v) is 12.2. The molecule has 0 spiro atoms. The summed E-state index contributed by atoms with van der Waals surface area (Å²) in [4.78, 5) is 26.5. The summed E-state index contributed by atoms with van der Waals surface area (Å²) in [5.74, 6) is -0.321. The van der Waals surface area contributed by atoms with Crippen LogP contribution in [0.25, 0.3) is 0 Å². The topological polar surface area (TPSA) is 104 Å². The molecule has 2 amide bonds. The minimum atomic E-state index is -1.05. The standard InChI is InChI=1S/C13H15N3O4S/c1-8-10(12(17)18)6-9(20-8)7-16-13(19)15-3-2-11-14-4-5-21-11/h4-6H,2-3,7H2,1H3,(H,17,18)(H2,15,16,19). The first-order valence-corrected chi connectivity index (χ1v) is 7.17. The Morgan fingerprint density at radius 2 is 2.24 bits per heavy atom. The number of carboxylic acid groups (broad SMARTS) is 1. The molecule has 0 saturated carbocycles. The molecule has 0 atom stereocenters. The van der Waals surface area contributed by atoms with Crippen molar-refractivity contribution in [2.24, 2.45) is 0 Å². The second-order valence-electron chi connectivity index (χ2n) is 4.27. The fraction of sp³-hybridized carbons (Fsp3) is 0.308. The number of carbonyl (C=O) groups is 2. The molecule has 0 aromatic carbocycles. The molecule has 112 valence electrons. The molecule has 2 aromatic rings. The molecule has 21 heavy (non-hydrogen) atoms. The number of hydrogen-bond donors (Lipinski definition) is 3. The molecule has 8 heteroatoms. The second kappa shape index (κ2) is 6.89. The van der Waals surface area contributed by atoms with E-state index in [0.717, 1.165) is 5.01 Å². The van der Waals surface area contributed by atoms with Crippen molar-refractivity contribution in [3.63, 3.8) is 0 Å². The maximum absolute atomic E-state index is 11.6. The van der Waals surface area contributed by atoms with E-state index in [2.05, 4.69) is 15.6 Å². The van der Waals surface area contributed by atoms with Crippen molar-refractivity contribution < 1.29 is 19.1 Å². The predicted octanol–water partition coefficient (Wildman–Crippen LogP) is 1.78. The lowest BCUT2D eigenvalue weighted by Gasteiger charge is -2.05. The largest absolute Gasteiger partial charge is 0.478 e. The van der Waals surface area contributed by atoms with Crippen LogP contribution in [0, 0.1) is 6.92 Å². The van der Waals surface area contributed by atoms with E-state index < -0.39 is 5.97 Å². The van der Waals surface area contributed by atoms with Gasteiger partial charge in [-0.2, -0.15) is 0 Å². The minimum Gasteiger partial charge on any atom is -0.478 e. The highest BCUT2D eigenvalue weighted by atomic mass is 32.1. The maximum atomic E-state index is 11.6. The third kappa shape index (κ3) is 4.32. The summed E-state index contributed by atoms with van der Waals surface area (Å²) in [6.07, 6.45) is 2.40. The molecule has 2 aromatic heterocycles. The Hall–Kier alpha value is -2.35. The van der Waals surface area contributed by atoms with Crippen LogP contribution in [0.4, 0.5) is 4.79 Å². The molecule has 2 rings (SSSR count). The van der Waals surface area contributed by atoms with E-state index in [4.69, 9.17) is 9.52 Å². The van der Waals surface area contributed by atoms with Gasteiger partial charge in [0.1, 0.15) is 17.1 Å². The number of nitrogens with zero attached hydrogens (tertiary/aromatic N) is 1. The lowest BCUT2D eigenvalue weighted by atomic mass is 10.2. The SMILES string of the molecule is Cc1oc(CNC(=O)NCCc2nccs2)cc1C(=O)O. The van der Waals surface area contributed by atoms with Crippen LogP contribution < -0.4 is 10.6 Å². The zero-order chi connectivity index (χ0) is 15.2. The molecular formula is C13H15N3O4S. The number of rotatable bonds is 6. The van der Waals surface area contributed by atoms with Gasteiger partial charge < -0.3 is 20.2 Å². The number of thiazole rings is 1. The van der Waals surface area contributed by atoms with Gasteiger partial charge >= 0.3 is 12.0 Å². The van der Waals surface area contributed by atoms with Crippen LogP contribution in [0.2, 0.25) is 0 Å². The van der Waals surface area contributed by atoms with Gasteiger partial charge in [-0.05, 0) is 13.0 Å². The van der Waals surface area contributed by atoms with Crippen molar-refractivity contribution in [3.05, 3.63) is 39.7 Å². The monoisotopic (exact) mass is 309 g/mol. The van der Waals surface area contributed by atoms with Gasteiger partial charge in [0.25, 0.3) is 0 Å². The average molecular weight is 309 g/mol. The zero-order valence-electron chi connectivity index (χ0n) is 11.4. The van der Waals surface area contributed by atoms with Crippen LogP contribution in [-0.4, -0.2) is 28.6 Å². The van der Waals surface area contributed by atoms with Gasteiger partial charge in [0.2, 0.25) is 0 Å². The minimum absolute atomic E-state index is 0.107. The summed E-state index contributed by atoms with van der Waals surface area (Å²) in [5, 5.41) is 17.0. The van der Waals surface area contributed by atoms with Crippen molar-refractivity contribution in [1.82, 2.24) is 15.6 Å². The van der Waals surface area contributed by atoms with E-state index >= 15 is 0 Å². The van der Waals surface area contributed by atoms with Gasteiger partial charge in [-0.1, -0.05) is 0 Å². The Labute approximate surface area is 125 Å². The van der Waals surface area contributed by atoms with Gasteiger partial charge in [0.05, 0.1) is 11.6 Å². The van der Waals surface area contributed by atoms with Crippen molar-refractivity contribution >= 4 is 23.3 Å². The predicted molar refractivity (Wildman–Crippen MR) is 76.5 cm³/mol. The van der Waals surface area contributed by atoms with E-state index in [-0.39, 0.29) is 18.1 Å². The van der Waals surface area contributed by atoms with E-state index in [1.54, 1.807) is 13.1 Å². The maximum Gasteiger partial charge on any atom is 0.339 e. The first-order chi connectivity index (χ1) is 10.1. The number of aryl methyl sites for hydroxylation is 1. The Bertz CT molecular complexity index is 621. The fourth-order valence-corrected chi connectivity index (χ4v) is 2.35. The molecule has 0 aliphatic heterocycles. The first kappa shape index (κ1) is 15.0. The van der Waals surface area contributed by atoms with E-state index in [1.807, 2.05) is 5.38 Å². The summed E-state index contributed by atoms with van der Waals surface area (Å²) < 4.78 is 5.26. The van der Waals surface area contributed by atoms with Crippen LogP contribution in [0.3, 0.4) is 0 Å². The molecule has 0 unspecified atom stereocenters. The highest BCUT2D eigenvalue weighted by Crippen LogP contribution is 2.14. The number of furan rings is 1. The molecule has 0 fully saturated rings. The normalized spacial score (nSPS) is 10.3. The van der Waals surface area contributed by atoms with Crippen LogP contribution in [0.5, 0.6) is 0 Å². The van der Waals surface area contributed by atoms with Gasteiger partial charge in [-0.15, -0.1) is 11.3 Å². The van der Waals surface area contributed by atoms with Gasteiger partial charge in [0.15, 0.2) is 0 Å². The first-order valence-electron chi connectivity index (χ1n) is 6.29. The Morgan fingerprint density at radius 1 is 1.43 bits per heavy atom. The number of carboxylic acids is 1. The molecule has 0 aliphatic carbocycles. The average Bonchev–Trinajstić information content (AvgIpc) is 3.06. The highest BCUT2D eigenvalue weighted by molar-refractivity contribution is 7.09. The Morgan fingerprint density at radius 3 is 2.86 bits per heavy atom. The number of hydrogen-bond acceptors (Lipinski definition) is 5. The van der Waals surface area contributed by atoms with Gasteiger partial charge in [-0.3, -0.25) is 0 Å². The number of nitrogens with one attached hydrogen (secondary N) is 2. The number of carbonyl (C=O) groups excluding carboxylic acids is 1. The van der Waals surface area contributed by atoms with Crippen molar-refractivity contribution in [3.8, 4) is 0 Å². The lowest BCUT2D eigenvalue weighted by molar-refractivity contribution is 0.0695. The Balaban J connectivity index is 1.73. The molecule has 2 heterocycles. The molecular weight excluding hydrogens is 294 g/mol. The van der Waals surface area contributed by atoms with Crippen LogP contribution in [0.15, 0.2) is 22.1 Å². The fourth-order valence-electron chi connectivity index (χ4n) is 1.73. The molecule has 3 N–H and O–H groups in total. The Kier molecular flexibility index (Phi) is 4.94.